The Morgan fingerprint density at radius 2 is 2.38 bits per heavy atom. The van der Waals surface area contributed by atoms with E-state index in [-0.39, 0.29) is 12.0 Å². The molecule has 4 heteroatoms. The Bertz CT molecular complexity index is 453. The van der Waals surface area contributed by atoms with Crippen molar-refractivity contribution < 1.29 is 9.53 Å². The van der Waals surface area contributed by atoms with Crippen molar-refractivity contribution in [2.45, 2.75) is 45.3 Å². The lowest BCUT2D eigenvalue weighted by Gasteiger charge is -2.25. The third-order valence-corrected chi connectivity index (χ3v) is 3.57. The minimum absolute atomic E-state index is 0.140. The van der Waals surface area contributed by atoms with Crippen LogP contribution in [0.2, 0.25) is 0 Å². The van der Waals surface area contributed by atoms with Crippen molar-refractivity contribution in [1.29, 1.82) is 0 Å². The van der Waals surface area contributed by atoms with Gasteiger partial charge in [0, 0.05) is 25.8 Å². The van der Waals surface area contributed by atoms with Gasteiger partial charge < -0.3 is 9.64 Å². The zero-order valence-electron chi connectivity index (χ0n) is 12.7. The van der Waals surface area contributed by atoms with Crippen LogP contribution in [0.15, 0.2) is 36.5 Å². The fraction of sp³-hybridized carbons (Fsp3) is 0.529. The molecule has 1 aliphatic heterocycles. The first-order chi connectivity index (χ1) is 10.3. The molecule has 1 saturated heterocycles. The summed E-state index contributed by atoms with van der Waals surface area (Å²) in [5, 5.41) is 0. The monoisotopic (exact) mass is 288 g/mol. The summed E-state index contributed by atoms with van der Waals surface area (Å²) in [4.78, 5) is 18.6. The number of hydrogen-bond donors (Lipinski definition) is 0. The van der Waals surface area contributed by atoms with Gasteiger partial charge >= 0.3 is 0 Å². The molecule has 0 saturated carbocycles. The Labute approximate surface area is 126 Å². The number of hydrogen-bond acceptors (Lipinski definition) is 3. The minimum Gasteiger partial charge on any atom is -0.376 e. The lowest BCUT2D eigenvalue weighted by atomic mass is 10.2. The van der Waals surface area contributed by atoms with Crippen molar-refractivity contribution in [3.8, 4) is 0 Å². The molecule has 1 atom stereocenters. The van der Waals surface area contributed by atoms with Crippen LogP contribution in [-0.2, 0) is 16.1 Å². The highest BCUT2D eigenvalue weighted by molar-refractivity contribution is 5.77. The lowest BCUT2D eigenvalue weighted by molar-refractivity contribution is -0.132. The summed E-state index contributed by atoms with van der Waals surface area (Å²) in [6.45, 7) is 4.10. The van der Waals surface area contributed by atoms with E-state index in [2.05, 4.69) is 11.9 Å². The van der Waals surface area contributed by atoms with E-state index in [1.807, 2.05) is 35.3 Å². The number of ether oxygens (including phenoxy) is 1. The molecule has 4 nitrogen and oxygen atoms in total. The third kappa shape index (κ3) is 5.31. The maximum Gasteiger partial charge on any atom is 0.226 e. The van der Waals surface area contributed by atoms with Gasteiger partial charge in [0.1, 0.15) is 0 Å². The van der Waals surface area contributed by atoms with Crippen molar-refractivity contribution >= 4 is 5.91 Å². The molecule has 0 unspecified atom stereocenters. The SMILES string of the molecule is CC/C=C/CC(=O)N(Cc1ccccn1)C[C@@H]1CCCO1. The number of nitrogens with zero attached hydrogens (tertiary/aromatic N) is 2. The molecule has 0 N–H and O–H groups in total. The Hall–Kier alpha value is -1.68. The van der Waals surface area contributed by atoms with Crippen molar-refractivity contribution in [2.24, 2.45) is 0 Å². The minimum atomic E-state index is 0.140. The second-order valence-corrected chi connectivity index (χ2v) is 5.31. The predicted octanol–water partition coefficient (Wildman–Crippen LogP) is 2.95. The second kappa shape index (κ2) is 8.57. The molecule has 1 aromatic heterocycles. The van der Waals surface area contributed by atoms with Crippen LogP contribution < -0.4 is 0 Å². The number of carbonyl (C=O) groups excluding carboxylic acids is 1. The molecule has 0 bridgehead atoms. The molecule has 0 aromatic carbocycles. The fourth-order valence-corrected chi connectivity index (χ4v) is 2.46. The quantitative estimate of drug-likeness (QED) is 0.724. The van der Waals surface area contributed by atoms with E-state index in [4.69, 9.17) is 4.74 Å². The van der Waals surface area contributed by atoms with Crippen molar-refractivity contribution in [1.82, 2.24) is 9.88 Å². The van der Waals surface area contributed by atoms with Gasteiger partial charge in [-0.1, -0.05) is 25.1 Å². The highest BCUT2D eigenvalue weighted by atomic mass is 16.5. The normalized spacial score (nSPS) is 18.2. The summed E-state index contributed by atoms with van der Waals surface area (Å²) in [7, 11) is 0. The van der Waals surface area contributed by atoms with E-state index in [1.165, 1.54) is 0 Å². The Morgan fingerprint density at radius 1 is 1.48 bits per heavy atom. The average Bonchev–Trinajstić information content (AvgIpc) is 3.01. The Kier molecular flexibility index (Phi) is 6.41. The third-order valence-electron chi connectivity index (χ3n) is 3.57. The molecular formula is C17H24N2O2. The molecule has 114 valence electrons. The van der Waals surface area contributed by atoms with Crippen LogP contribution in [0, 0.1) is 0 Å². The van der Waals surface area contributed by atoms with Crippen molar-refractivity contribution in [3.63, 3.8) is 0 Å². The summed E-state index contributed by atoms with van der Waals surface area (Å²) < 4.78 is 5.66. The first-order valence-electron chi connectivity index (χ1n) is 7.74. The standard InChI is InChI=1S/C17H24N2O2/c1-2-3-4-10-17(20)19(14-16-9-7-12-21-16)13-15-8-5-6-11-18-15/h3-6,8,11,16H,2,7,9-10,12-14H2,1H3/b4-3+/t16-/m0/s1. The molecule has 21 heavy (non-hydrogen) atoms. The maximum absolute atomic E-state index is 12.4. The van der Waals surface area contributed by atoms with Gasteiger partial charge in [-0.2, -0.15) is 0 Å². The molecule has 0 radical (unpaired) electrons. The molecule has 1 aliphatic rings. The summed E-state index contributed by atoms with van der Waals surface area (Å²) in [6, 6.07) is 5.80. The van der Waals surface area contributed by atoms with E-state index in [0.29, 0.717) is 19.5 Å². The first-order valence-corrected chi connectivity index (χ1v) is 7.74. The van der Waals surface area contributed by atoms with Gasteiger partial charge in [0.05, 0.1) is 18.3 Å². The smallest absolute Gasteiger partial charge is 0.226 e. The van der Waals surface area contributed by atoms with Gasteiger partial charge in [0.2, 0.25) is 5.91 Å². The van der Waals surface area contributed by atoms with Crippen LogP contribution in [-0.4, -0.2) is 35.0 Å². The number of pyridine rings is 1. The fourth-order valence-electron chi connectivity index (χ4n) is 2.46. The van der Waals surface area contributed by atoms with E-state index in [9.17, 15) is 4.79 Å². The first kappa shape index (κ1) is 15.7. The van der Waals surface area contributed by atoms with Gasteiger partial charge in [0.15, 0.2) is 0 Å². The van der Waals surface area contributed by atoms with Gasteiger partial charge in [-0.15, -0.1) is 0 Å². The molecule has 0 spiro atoms. The molecular weight excluding hydrogens is 264 g/mol. The van der Waals surface area contributed by atoms with Crippen molar-refractivity contribution in [2.75, 3.05) is 13.2 Å². The van der Waals surface area contributed by atoms with Crippen LogP contribution in [0.25, 0.3) is 0 Å². The zero-order chi connectivity index (χ0) is 14.9. The van der Waals surface area contributed by atoms with E-state index >= 15 is 0 Å². The van der Waals surface area contributed by atoms with Crippen LogP contribution in [0.1, 0.15) is 38.3 Å². The number of aromatic nitrogens is 1. The van der Waals surface area contributed by atoms with Crippen LogP contribution in [0.3, 0.4) is 0 Å². The van der Waals surface area contributed by atoms with Crippen LogP contribution in [0.4, 0.5) is 0 Å². The highest BCUT2D eigenvalue weighted by Crippen LogP contribution is 2.15. The second-order valence-electron chi connectivity index (χ2n) is 5.31. The average molecular weight is 288 g/mol. The molecule has 1 fully saturated rings. The summed E-state index contributed by atoms with van der Waals surface area (Å²) in [5.74, 6) is 0.140. The Morgan fingerprint density at radius 3 is 3.05 bits per heavy atom. The summed E-state index contributed by atoms with van der Waals surface area (Å²) in [5.41, 5.74) is 0.920. The maximum atomic E-state index is 12.4. The highest BCUT2D eigenvalue weighted by Gasteiger charge is 2.22. The molecule has 0 aliphatic carbocycles. The van der Waals surface area contributed by atoms with Gasteiger partial charge in [-0.25, -0.2) is 0 Å². The van der Waals surface area contributed by atoms with Gasteiger partial charge in [-0.3, -0.25) is 9.78 Å². The zero-order valence-corrected chi connectivity index (χ0v) is 12.7. The summed E-state index contributed by atoms with van der Waals surface area (Å²) >= 11 is 0. The topological polar surface area (TPSA) is 42.4 Å². The van der Waals surface area contributed by atoms with E-state index in [0.717, 1.165) is 31.6 Å². The van der Waals surface area contributed by atoms with Gasteiger partial charge in [-0.05, 0) is 31.4 Å². The van der Waals surface area contributed by atoms with Crippen molar-refractivity contribution in [3.05, 3.63) is 42.2 Å². The van der Waals surface area contributed by atoms with Crippen LogP contribution >= 0.6 is 0 Å². The number of rotatable bonds is 7. The number of carbonyl (C=O) groups is 1. The largest absolute Gasteiger partial charge is 0.376 e. The molecule has 1 aromatic rings. The van der Waals surface area contributed by atoms with E-state index in [1.54, 1.807) is 6.20 Å². The summed E-state index contributed by atoms with van der Waals surface area (Å²) in [6.07, 6.45) is 9.45. The lowest BCUT2D eigenvalue weighted by Crippen LogP contribution is -2.36. The predicted molar refractivity (Wildman–Crippen MR) is 82.7 cm³/mol. The Balaban J connectivity index is 1.98. The van der Waals surface area contributed by atoms with Gasteiger partial charge in [0.25, 0.3) is 0 Å². The number of allylic oxidation sites excluding steroid dienone is 1. The molecule has 2 rings (SSSR count). The number of amides is 1. The van der Waals surface area contributed by atoms with Crippen LogP contribution in [0.5, 0.6) is 0 Å². The van der Waals surface area contributed by atoms with E-state index < -0.39 is 0 Å². The molecule has 2 heterocycles. The molecule has 1 amide bonds.